The predicted octanol–water partition coefficient (Wildman–Crippen LogP) is 4.49. The molecule has 0 atom stereocenters. The highest BCUT2D eigenvalue weighted by Gasteiger charge is 2.14. The zero-order chi connectivity index (χ0) is 19.5. The minimum atomic E-state index is 0.438. The molecule has 0 aliphatic heterocycles. The molecule has 2 aromatic heterocycles. The number of aromatic nitrogens is 5. The Morgan fingerprint density at radius 1 is 1.11 bits per heavy atom. The van der Waals surface area contributed by atoms with Crippen LogP contribution in [0.25, 0.3) is 22.8 Å². The molecule has 0 N–H and O–H groups in total. The first kappa shape index (κ1) is 18.5. The number of ether oxygens (including phenoxy) is 1. The van der Waals surface area contributed by atoms with Gasteiger partial charge >= 0.3 is 0 Å². The monoisotopic (exact) mass is 413 g/mol. The normalized spacial score (nSPS) is 11.0. The molecule has 0 saturated heterocycles. The van der Waals surface area contributed by atoms with E-state index in [0.29, 0.717) is 22.5 Å². The first-order valence-electron chi connectivity index (χ1n) is 8.39. The lowest BCUT2D eigenvalue weighted by atomic mass is 10.2. The molecule has 0 bridgehead atoms. The lowest BCUT2D eigenvalue weighted by Crippen LogP contribution is -1.96. The molecule has 7 nitrogen and oxygen atoms in total. The molecule has 28 heavy (non-hydrogen) atoms. The van der Waals surface area contributed by atoms with E-state index in [9.17, 15) is 0 Å². The topological polar surface area (TPSA) is 78.9 Å². The summed E-state index contributed by atoms with van der Waals surface area (Å²) < 4.78 is 12.5. The summed E-state index contributed by atoms with van der Waals surface area (Å²) in [7, 11) is 3.56. The van der Waals surface area contributed by atoms with Crippen molar-refractivity contribution >= 4 is 23.4 Å². The molecule has 0 amide bonds. The molecule has 0 fully saturated rings. The molecule has 4 aromatic rings. The average molecular weight is 414 g/mol. The van der Waals surface area contributed by atoms with Crippen LogP contribution < -0.4 is 4.74 Å². The highest BCUT2D eigenvalue weighted by molar-refractivity contribution is 7.98. The minimum Gasteiger partial charge on any atom is -0.497 e. The van der Waals surface area contributed by atoms with Gasteiger partial charge in [0.2, 0.25) is 0 Å². The van der Waals surface area contributed by atoms with Gasteiger partial charge in [-0.2, -0.15) is 4.98 Å². The Kier molecular flexibility index (Phi) is 5.31. The third-order valence-corrected chi connectivity index (χ3v) is 5.28. The van der Waals surface area contributed by atoms with Crippen LogP contribution in [0.4, 0.5) is 0 Å². The average Bonchev–Trinajstić information content (AvgIpc) is 3.33. The fraction of sp³-hybridized carbons (Fsp3) is 0.158. The maximum absolute atomic E-state index is 6.01. The number of benzene rings is 2. The van der Waals surface area contributed by atoms with E-state index in [4.69, 9.17) is 20.9 Å². The molecular weight excluding hydrogens is 398 g/mol. The highest BCUT2D eigenvalue weighted by Crippen LogP contribution is 2.27. The summed E-state index contributed by atoms with van der Waals surface area (Å²) in [6.45, 7) is 0. The fourth-order valence-electron chi connectivity index (χ4n) is 2.63. The van der Waals surface area contributed by atoms with Crippen LogP contribution in [0.1, 0.15) is 5.82 Å². The summed E-state index contributed by atoms with van der Waals surface area (Å²) in [6.07, 6.45) is 0. The van der Waals surface area contributed by atoms with Crippen LogP contribution in [0.2, 0.25) is 5.02 Å². The number of hydrogen-bond donors (Lipinski definition) is 0. The molecule has 2 aromatic carbocycles. The van der Waals surface area contributed by atoms with Gasteiger partial charge < -0.3 is 13.8 Å². The number of nitrogens with zero attached hydrogens (tertiary/aromatic N) is 5. The first-order valence-corrected chi connectivity index (χ1v) is 9.75. The van der Waals surface area contributed by atoms with E-state index in [0.717, 1.165) is 27.9 Å². The van der Waals surface area contributed by atoms with E-state index in [1.807, 2.05) is 48.0 Å². The highest BCUT2D eigenvalue weighted by atomic mass is 35.5. The zero-order valence-electron chi connectivity index (χ0n) is 15.2. The van der Waals surface area contributed by atoms with Crippen molar-refractivity contribution in [3.05, 3.63) is 59.4 Å². The number of halogens is 1. The number of thioether (sulfide) groups is 1. The first-order chi connectivity index (χ1) is 13.6. The van der Waals surface area contributed by atoms with Gasteiger partial charge in [0.1, 0.15) is 5.75 Å². The standard InChI is InChI=1S/C19H16ClN5O2S/c1-25-17(12-5-4-8-15(10-12)26-2)22-23-19(25)28-11-16-21-18(27-24-16)13-6-3-7-14(20)9-13/h3-10H,11H2,1-2H3. The van der Waals surface area contributed by atoms with Crippen molar-refractivity contribution in [2.45, 2.75) is 10.9 Å². The molecule has 142 valence electrons. The van der Waals surface area contributed by atoms with Gasteiger partial charge in [0.15, 0.2) is 16.8 Å². The second-order valence-electron chi connectivity index (χ2n) is 5.91. The summed E-state index contributed by atoms with van der Waals surface area (Å²) in [5.74, 6) is 3.05. The van der Waals surface area contributed by atoms with E-state index in [1.54, 1.807) is 19.2 Å². The van der Waals surface area contributed by atoms with Crippen molar-refractivity contribution in [2.75, 3.05) is 7.11 Å². The predicted molar refractivity (Wildman–Crippen MR) is 107 cm³/mol. The van der Waals surface area contributed by atoms with Crippen LogP contribution in [0, 0.1) is 0 Å². The summed E-state index contributed by atoms with van der Waals surface area (Å²) in [5, 5.41) is 14.0. The van der Waals surface area contributed by atoms with Crippen LogP contribution in [-0.4, -0.2) is 32.0 Å². The summed E-state index contributed by atoms with van der Waals surface area (Å²) in [5.41, 5.74) is 1.72. The molecule has 4 rings (SSSR count). The molecule has 0 spiro atoms. The van der Waals surface area contributed by atoms with E-state index >= 15 is 0 Å². The molecule has 0 aliphatic rings. The lowest BCUT2D eigenvalue weighted by Gasteiger charge is -2.05. The smallest absolute Gasteiger partial charge is 0.258 e. The SMILES string of the molecule is COc1cccc(-c2nnc(SCc3noc(-c4cccc(Cl)c4)n3)n2C)c1. The van der Waals surface area contributed by atoms with Gasteiger partial charge in [-0.15, -0.1) is 10.2 Å². The van der Waals surface area contributed by atoms with Crippen LogP contribution in [-0.2, 0) is 12.8 Å². The Hall–Kier alpha value is -2.84. The zero-order valence-corrected chi connectivity index (χ0v) is 16.7. The Labute approximate surface area is 170 Å². The van der Waals surface area contributed by atoms with Crippen molar-refractivity contribution in [3.8, 4) is 28.6 Å². The lowest BCUT2D eigenvalue weighted by molar-refractivity contribution is 0.415. The maximum atomic E-state index is 6.01. The summed E-state index contributed by atoms with van der Waals surface area (Å²) >= 11 is 7.50. The van der Waals surface area contributed by atoms with Gasteiger partial charge in [-0.25, -0.2) is 0 Å². The second kappa shape index (κ2) is 8.04. The van der Waals surface area contributed by atoms with E-state index in [2.05, 4.69) is 20.3 Å². The van der Waals surface area contributed by atoms with Crippen molar-refractivity contribution in [1.82, 2.24) is 24.9 Å². The molecule has 2 heterocycles. The van der Waals surface area contributed by atoms with E-state index in [-0.39, 0.29) is 0 Å². The molecule has 0 aliphatic carbocycles. The van der Waals surface area contributed by atoms with Crippen LogP contribution in [0.5, 0.6) is 5.75 Å². The summed E-state index contributed by atoms with van der Waals surface area (Å²) in [4.78, 5) is 4.42. The van der Waals surface area contributed by atoms with Crippen LogP contribution in [0.3, 0.4) is 0 Å². The molecular formula is C19H16ClN5O2S. The van der Waals surface area contributed by atoms with Gasteiger partial charge in [0, 0.05) is 23.2 Å². The van der Waals surface area contributed by atoms with E-state index < -0.39 is 0 Å². The third kappa shape index (κ3) is 3.88. The molecule has 0 radical (unpaired) electrons. The van der Waals surface area contributed by atoms with Gasteiger partial charge in [-0.3, -0.25) is 0 Å². The quantitative estimate of drug-likeness (QED) is 0.431. The molecule has 0 unspecified atom stereocenters. The van der Waals surface area contributed by atoms with Gasteiger partial charge in [0.05, 0.1) is 12.9 Å². The Bertz CT molecular complexity index is 1110. The molecule has 0 saturated carbocycles. The largest absolute Gasteiger partial charge is 0.497 e. The second-order valence-corrected chi connectivity index (χ2v) is 7.29. The fourth-order valence-corrected chi connectivity index (χ4v) is 3.58. The van der Waals surface area contributed by atoms with Crippen molar-refractivity contribution < 1.29 is 9.26 Å². The Balaban J connectivity index is 1.48. The van der Waals surface area contributed by atoms with Crippen LogP contribution in [0.15, 0.2) is 58.2 Å². The number of hydrogen-bond acceptors (Lipinski definition) is 7. The Morgan fingerprint density at radius 3 is 2.75 bits per heavy atom. The molecule has 9 heteroatoms. The van der Waals surface area contributed by atoms with E-state index in [1.165, 1.54) is 11.8 Å². The third-order valence-electron chi connectivity index (χ3n) is 4.03. The van der Waals surface area contributed by atoms with Crippen LogP contribution >= 0.6 is 23.4 Å². The van der Waals surface area contributed by atoms with Gasteiger partial charge in [-0.1, -0.05) is 46.7 Å². The van der Waals surface area contributed by atoms with Gasteiger partial charge in [-0.05, 0) is 30.3 Å². The maximum Gasteiger partial charge on any atom is 0.258 e. The number of methoxy groups -OCH3 is 1. The van der Waals surface area contributed by atoms with Crippen molar-refractivity contribution in [3.63, 3.8) is 0 Å². The van der Waals surface area contributed by atoms with Gasteiger partial charge in [0.25, 0.3) is 5.89 Å². The van der Waals surface area contributed by atoms with Crippen molar-refractivity contribution in [1.29, 1.82) is 0 Å². The van der Waals surface area contributed by atoms with Crippen molar-refractivity contribution in [2.24, 2.45) is 7.05 Å². The summed E-state index contributed by atoms with van der Waals surface area (Å²) in [6, 6.07) is 15.0. The Morgan fingerprint density at radius 2 is 1.93 bits per heavy atom. The number of rotatable bonds is 6. The minimum absolute atomic E-state index is 0.438.